The Morgan fingerprint density at radius 2 is 1.90 bits per heavy atom. The predicted molar refractivity (Wildman–Crippen MR) is 108 cm³/mol. The fourth-order valence-electron chi connectivity index (χ4n) is 4.11. The maximum atomic E-state index is 12.5. The Kier molecular flexibility index (Phi) is 7.35. The van der Waals surface area contributed by atoms with Crippen LogP contribution in [-0.2, 0) is 16.1 Å². The van der Waals surface area contributed by atoms with E-state index in [1.807, 2.05) is 0 Å². The number of hydrogen-bond donors (Lipinski definition) is 3. The van der Waals surface area contributed by atoms with Crippen LogP contribution in [0.25, 0.3) is 0 Å². The fraction of sp³-hybridized carbons (Fsp3) is 0.684. The second kappa shape index (κ2) is 9.96. The number of urea groups is 1. The number of rotatable bonds is 6. The number of nitrogens with one attached hydrogen (secondary N) is 2. The molecule has 0 radical (unpaired) electrons. The molecule has 1 aromatic heterocycles. The highest BCUT2D eigenvalue weighted by atomic mass is 35.5. The summed E-state index contributed by atoms with van der Waals surface area (Å²) in [4.78, 5) is 37.8. The second-order valence-electron chi connectivity index (χ2n) is 7.89. The lowest BCUT2D eigenvalue weighted by Crippen LogP contribution is -2.49. The largest absolute Gasteiger partial charge is 0.354 e. The zero-order valence-corrected chi connectivity index (χ0v) is 17.2. The summed E-state index contributed by atoms with van der Waals surface area (Å²) in [5, 5.41) is 10.7. The van der Waals surface area contributed by atoms with Crippen molar-refractivity contribution in [3.05, 3.63) is 17.4 Å². The number of piperidine rings is 1. The molecule has 10 heteroatoms. The van der Waals surface area contributed by atoms with Crippen LogP contribution in [-0.4, -0.2) is 58.2 Å². The van der Waals surface area contributed by atoms with E-state index in [9.17, 15) is 14.4 Å². The number of hydrogen-bond acceptors (Lipinski definition) is 4. The highest BCUT2D eigenvalue weighted by Gasteiger charge is 2.31. The minimum Gasteiger partial charge on any atom is -0.354 e. The van der Waals surface area contributed by atoms with Crippen molar-refractivity contribution in [3.63, 3.8) is 0 Å². The monoisotopic (exact) mass is 424 g/mol. The van der Waals surface area contributed by atoms with Crippen molar-refractivity contribution in [1.29, 1.82) is 0 Å². The first-order valence-electron chi connectivity index (χ1n) is 10.2. The summed E-state index contributed by atoms with van der Waals surface area (Å²) in [6.07, 6.45) is 7.92. The molecule has 1 aromatic rings. The number of aromatic nitrogens is 2. The predicted octanol–water partition coefficient (Wildman–Crippen LogP) is 1.12. The molecule has 2 aliphatic rings. The number of nitrogens with zero attached hydrogens (tertiary/aromatic N) is 3. The highest BCUT2D eigenvalue weighted by molar-refractivity contribution is 6.30. The molecule has 0 spiro atoms. The lowest BCUT2D eigenvalue weighted by molar-refractivity contribution is -0.127. The second-order valence-corrected chi connectivity index (χ2v) is 8.33. The third kappa shape index (κ3) is 6.09. The minimum atomic E-state index is -0.468. The van der Waals surface area contributed by atoms with Gasteiger partial charge in [0.2, 0.25) is 11.8 Å². The van der Waals surface area contributed by atoms with Crippen LogP contribution in [0.2, 0.25) is 5.02 Å². The zero-order chi connectivity index (χ0) is 20.8. The van der Waals surface area contributed by atoms with Crippen LogP contribution >= 0.6 is 11.6 Å². The van der Waals surface area contributed by atoms with Crippen molar-refractivity contribution in [2.75, 3.05) is 19.6 Å². The molecular formula is C19H29ClN6O3. The maximum Gasteiger partial charge on any atom is 0.314 e. The van der Waals surface area contributed by atoms with Crippen molar-refractivity contribution in [3.8, 4) is 0 Å². The molecule has 1 saturated heterocycles. The van der Waals surface area contributed by atoms with Gasteiger partial charge >= 0.3 is 6.03 Å². The average Bonchev–Trinajstić information content (AvgIpc) is 3.13. The molecule has 0 bridgehead atoms. The van der Waals surface area contributed by atoms with Crippen LogP contribution in [0, 0.1) is 11.8 Å². The third-order valence-electron chi connectivity index (χ3n) is 5.79. The molecule has 3 rings (SSSR count). The molecule has 4 amide bonds. The van der Waals surface area contributed by atoms with Crippen LogP contribution in [0.15, 0.2) is 12.4 Å². The first-order chi connectivity index (χ1) is 13.9. The maximum absolute atomic E-state index is 12.5. The van der Waals surface area contributed by atoms with Crippen molar-refractivity contribution < 1.29 is 14.4 Å². The van der Waals surface area contributed by atoms with Crippen LogP contribution in [0.1, 0.15) is 38.5 Å². The Labute approximate surface area is 175 Å². The van der Waals surface area contributed by atoms with E-state index in [-0.39, 0.29) is 29.7 Å². The molecular weight excluding hydrogens is 396 g/mol. The molecule has 0 aromatic carbocycles. The van der Waals surface area contributed by atoms with E-state index < -0.39 is 6.03 Å². The van der Waals surface area contributed by atoms with E-state index in [0.29, 0.717) is 31.2 Å². The summed E-state index contributed by atoms with van der Waals surface area (Å²) < 4.78 is 1.69. The van der Waals surface area contributed by atoms with Gasteiger partial charge in [0.05, 0.1) is 23.7 Å². The van der Waals surface area contributed by atoms with E-state index in [1.165, 1.54) is 4.90 Å². The molecule has 1 unspecified atom stereocenters. The third-order valence-corrected chi connectivity index (χ3v) is 5.99. The SMILES string of the molecule is NC(=O)N1CCCC(C(=O)NC2CCC(C(=O)NCCn3cc(Cl)cn3)CC2)C1. The van der Waals surface area contributed by atoms with Gasteiger partial charge in [0.15, 0.2) is 0 Å². The lowest BCUT2D eigenvalue weighted by Gasteiger charge is -2.33. The van der Waals surface area contributed by atoms with Gasteiger partial charge in [0.25, 0.3) is 0 Å². The van der Waals surface area contributed by atoms with Crippen LogP contribution in [0.4, 0.5) is 4.79 Å². The molecule has 1 saturated carbocycles. The topological polar surface area (TPSA) is 122 Å². The van der Waals surface area contributed by atoms with Crippen LogP contribution < -0.4 is 16.4 Å². The van der Waals surface area contributed by atoms with Gasteiger partial charge in [0, 0.05) is 37.8 Å². The lowest BCUT2D eigenvalue weighted by atomic mass is 9.85. The number of halogens is 1. The number of nitrogens with two attached hydrogens (primary N) is 1. The summed E-state index contributed by atoms with van der Waals surface area (Å²) in [5.41, 5.74) is 5.33. The van der Waals surface area contributed by atoms with Crippen LogP contribution in [0.3, 0.4) is 0 Å². The number of likely N-dealkylation sites (tertiary alicyclic amines) is 1. The van der Waals surface area contributed by atoms with Gasteiger partial charge in [-0.15, -0.1) is 0 Å². The van der Waals surface area contributed by atoms with Gasteiger partial charge in [-0.05, 0) is 38.5 Å². The van der Waals surface area contributed by atoms with E-state index in [4.69, 9.17) is 17.3 Å². The van der Waals surface area contributed by atoms with Crippen molar-refractivity contribution in [2.45, 2.75) is 51.1 Å². The number of carbonyl (C=O) groups excluding carboxylic acids is 3. The van der Waals surface area contributed by atoms with Gasteiger partial charge in [-0.2, -0.15) is 5.10 Å². The Morgan fingerprint density at radius 1 is 1.14 bits per heavy atom. The van der Waals surface area contributed by atoms with Crippen molar-refractivity contribution in [1.82, 2.24) is 25.3 Å². The first kappa shape index (κ1) is 21.4. The Hall–Kier alpha value is -2.29. The van der Waals surface area contributed by atoms with Gasteiger partial charge in [-0.25, -0.2) is 4.79 Å². The van der Waals surface area contributed by atoms with Crippen molar-refractivity contribution >= 4 is 29.4 Å². The summed E-state index contributed by atoms with van der Waals surface area (Å²) in [5.74, 6) is -0.184. The normalized spacial score (nSPS) is 24.7. The summed E-state index contributed by atoms with van der Waals surface area (Å²) in [6, 6.07) is -0.383. The average molecular weight is 425 g/mol. The molecule has 9 nitrogen and oxygen atoms in total. The molecule has 29 heavy (non-hydrogen) atoms. The van der Waals surface area contributed by atoms with Crippen LogP contribution in [0.5, 0.6) is 0 Å². The fourth-order valence-corrected chi connectivity index (χ4v) is 4.27. The molecule has 4 N–H and O–H groups in total. The molecule has 160 valence electrons. The molecule has 1 aliphatic carbocycles. The number of amides is 4. The zero-order valence-electron chi connectivity index (χ0n) is 16.5. The Morgan fingerprint density at radius 3 is 2.55 bits per heavy atom. The minimum absolute atomic E-state index is 0.0123. The van der Waals surface area contributed by atoms with Gasteiger partial charge in [-0.1, -0.05) is 11.6 Å². The van der Waals surface area contributed by atoms with E-state index in [1.54, 1.807) is 17.1 Å². The summed E-state index contributed by atoms with van der Waals surface area (Å²) >= 11 is 5.82. The molecule has 2 fully saturated rings. The van der Waals surface area contributed by atoms with Crippen molar-refractivity contribution in [2.24, 2.45) is 17.6 Å². The molecule has 1 aliphatic heterocycles. The Balaban J connectivity index is 1.35. The smallest absolute Gasteiger partial charge is 0.314 e. The summed E-state index contributed by atoms with van der Waals surface area (Å²) in [7, 11) is 0. The standard InChI is InChI=1S/C19H29ClN6O3/c20-15-10-23-26(12-15)9-7-22-17(27)13-3-5-16(6-4-13)24-18(28)14-2-1-8-25(11-14)19(21)29/h10,12-14,16H,1-9,11H2,(H2,21,29)(H,22,27)(H,24,28). The number of carbonyl (C=O) groups is 3. The number of primary amides is 1. The summed E-state index contributed by atoms with van der Waals surface area (Å²) in [6.45, 7) is 2.09. The van der Waals surface area contributed by atoms with Gasteiger partial charge in [0.1, 0.15) is 0 Å². The van der Waals surface area contributed by atoms with Gasteiger partial charge < -0.3 is 21.3 Å². The van der Waals surface area contributed by atoms with Gasteiger partial charge in [-0.3, -0.25) is 14.3 Å². The quantitative estimate of drug-likeness (QED) is 0.633. The van der Waals surface area contributed by atoms with E-state index in [2.05, 4.69) is 15.7 Å². The molecule has 2 heterocycles. The first-order valence-corrected chi connectivity index (χ1v) is 10.6. The van der Waals surface area contributed by atoms with E-state index >= 15 is 0 Å². The highest BCUT2D eigenvalue weighted by Crippen LogP contribution is 2.25. The van der Waals surface area contributed by atoms with E-state index in [0.717, 1.165) is 38.5 Å². The molecule has 1 atom stereocenters. The Bertz CT molecular complexity index is 731.